The summed E-state index contributed by atoms with van der Waals surface area (Å²) in [5.74, 6) is 0. The largest absolute Gasteiger partial charge is 0.368 e. The predicted octanol–water partition coefficient (Wildman–Crippen LogP) is 0.842. The number of hydrogen-bond acceptors (Lipinski definition) is 4. The molecule has 0 amide bonds. The van der Waals surface area contributed by atoms with Crippen LogP contribution in [0.4, 0.5) is 0 Å². The third-order valence-corrected chi connectivity index (χ3v) is 2.74. The lowest BCUT2D eigenvalue weighted by atomic mass is 10.3. The van der Waals surface area contributed by atoms with Crippen LogP contribution in [0.15, 0.2) is 11.0 Å². The van der Waals surface area contributed by atoms with E-state index < -0.39 is 6.29 Å². The minimum atomic E-state index is -0.732. The number of rotatable bonds is 1. The first kappa shape index (κ1) is 10.5. The molecule has 2 atom stereocenters. The molecule has 2 heterocycles. The molecule has 0 bridgehead atoms. The van der Waals surface area contributed by atoms with Crippen molar-refractivity contribution in [2.45, 2.75) is 32.3 Å². The zero-order chi connectivity index (χ0) is 11.0. The Labute approximate surface area is 91.3 Å². The Morgan fingerprint density at radius 2 is 2.40 bits per heavy atom. The van der Waals surface area contributed by atoms with Crippen molar-refractivity contribution in [3.8, 4) is 0 Å². The number of aryl methyl sites for hydroxylation is 1. The van der Waals surface area contributed by atoms with Gasteiger partial charge in [0.25, 0.3) is 5.56 Å². The summed E-state index contributed by atoms with van der Waals surface area (Å²) in [4.78, 5) is 13.8. The quantitative estimate of drug-likeness (QED) is 0.699. The molecule has 1 saturated heterocycles. The fourth-order valence-electron chi connectivity index (χ4n) is 1.61. The van der Waals surface area contributed by atoms with Gasteiger partial charge >= 0.3 is 0 Å². The summed E-state index contributed by atoms with van der Waals surface area (Å²) in [5.41, 5.74) is 0.392. The third kappa shape index (κ3) is 2.01. The summed E-state index contributed by atoms with van der Waals surface area (Å²) >= 11 is 5.02. The summed E-state index contributed by atoms with van der Waals surface area (Å²) in [6, 6.07) is 0. The first-order valence-electron chi connectivity index (χ1n) is 4.73. The molecule has 1 aliphatic heterocycles. The standard InChI is InChI=1S/C9H12N2O3S/c1-5-4-11(9(15)10-8(5)13)6-2-3-7(12)14-6/h4,6-7,12H,2-3H2,1H3,(H,10,13,15)/t6?,7-/m0/s1. The first-order chi connectivity index (χ1) is 7.08. The van der Waals surface area contributed by atoms with E-state index in [4.69, 9.17) is 17.0 Å². The van der Waals surface area contributed by atoms with Crippen molar-refractivity contribution in [2.75, 3.05) is 0 Å². The summed E-state index contributed by atoms with van der Waals surface area (Å²) in [6.07, 6.45) is 1.93. The van der Waals surface area contributed by atoms with Crippen LogP contribution in [-0.2, 0) is 4.74 Å². The van der Waals surface area contributed by atoms with Gasteiger partial charge in [-0.25, -0.2) is 0 Å². The van der Waals surface area contributed by atoms with Crippen molar-refractivity contribution in [2.24, 2.45) is 0 Å². The molecule has 2 rings (SSSR count). The van der Waals surface area contributed by atoms with Crippen molar-refractivity contribution in [3.05, 3.63) is 26.9 Å². The van der Waals surface area contributed by atoms with E-state index in [1.165, 1.54) is 0 Å². The van der Waals surface area contributed by atoms with E-state index in [1.807, 2.05) is 0 Å². The Kier molecular flexibility index (Phi) is 2.72. The van der Waals surface area contributed by atoms with Gasteiger partial charge in [0, 0.05) is 18.2 Å². The van der Waals surface area contributed by atoms with Crippen LogP contribution in [0, 0.1) is 11.7 Å². The molecule has 0 saturated carbocycles. The highest BCUT2D eigenvalue weighted by Gasteiger charge is 2.24. The molecule has 0 aliphatic carbocycles. The van der Waals surface area contributed by atoms with Gasteiger partial charge in [-0.3, -0.25) is 14.3 Å². The highest BCUT2D eigenvalue weighted by atomic mass is 32.1. The fourth-order valence-corrected chi connectivity index (χ4v) is 1.87. The molecule has 6 heteroatoms. The van der Waals surface area contributed by atoms with Gasteiger partial charge in [-0.2, -0.15) is 0 Å². The van der Waals surface area contributed by atoms with Crippen molar-refractivity contribution in [1.29, 1.82) is 0 Å². The SMILES string of the molecule is Cc1cn(C2CC[C@@H](O)O2)c(=S)[nH]c1=O. The van der Waals surface area contributed by atoms with E-state index in [0.29, 0.717) is 23.2 Å². The molecule has 1 aromatic heterocycles. The van der Waals surface area contributed by atoms with Gasteiger partial charge in [0.1, 0.15) is 6.23 Å². The number of aromatic amines is 1. The van der Waals surface area contributed by atoms with Crippen LogP contribution >= 0.6 is 12.2 Å². The maximum absolute atomic E-state index is 11.2. The van der Waals surface area contributed by atoms with Crippen molar-refractivity contribution < 1.29 is 9.84 Å². The Bertz CT molecular complexity index is 479. The van der Waals surface area contributed by atoms with E-state index in [1.54, 1.807) is 17.7 Å². The minimum Gasteiger partial charge on any atom is -0.368 e. The molecule has 15 heavy (non-hydrogen) atoms. The number of H-pyrrole nitrogens is 1. The minimum absolute atomic E-state index is 0.185. The highest BCUT2D eigenvalue weighted by molar-refractivity contribution is 7.71. The number of nitrogens with one attached hydrogen (secondary N) is 1. The van der Waals surface area contributed by atoms with Crippen LogP contribution in [-0.4, -0.2) is 20.9 Å². The number of hydrogen-bond donors (Lipinski definition) is 2. The number of aliphatic hydroxyl groups excluding tert-OH is 1. The Hall–Kier alpha value is -0.980. The topological polar surface area (TPSA) is 67.2 Å². The summed E-state index contributed by atoms with van der Waals surface area (Å²) < 4.78 is 7.25. The number of ether oxygens (including phenoxy) is 1. The molecule has 1 aliphatic rings. The highest BCUT2D eigenvalue weighted by Crippen LogP contribution is 2.26. The Morgan fingerprint density at radius 1 is 1.67 bits per heavy atom. The smallest absolute Gasteiger partial charge is 0.254 e. The molecule has 5 nitrogen and oxygen atoms in total. The molecular weight excluding hydrogens is 216 g/mol. The van der Waals surface area contributed by atoms with Gasteiger partial charge in [-0.1, -0.05) is 0 Å². The van der Waals surface area contributed by atoms with Gasteiger partial charge < -0.3 is 9.84 Å². The molecule has 0 spiro atoms. The Morgan fingerprint density at radius 3 is 3.00 bits per heavy atom. The molecule has 1 fully saturated rings. The zero-order valence-corrected chi connectivity index (χ0v) is 9.08. The summed E-state index contributed by atoms with van der Waals surface area (Å²) in [6.45, 7) is 1.70. The van der Waals surface area contributed by atoms with E-state index in [-0.39, 0.29) is 11.8 Å². The number of nitrogens with zero attached hydrogens (tertiary/aromatic N) is 1. The lowest BCUT2D eigenvalue weighted by Crippen LogP contribution is -2.19. The van der Waals surface area contributed by atoms with Gasteiger partial charge in [0.05, 0.1) is 0 Å². The van der Waals surface area contributed by atoms with Gasteiger partial charge in [-0.05, 0) is 25.6 Å². The van der Waals surface area contributed by atoms with Crippen molar-refractivity contribution in [1.82, 2.24) is 9.55 Å². The second-order valence-corrected chi connectivity index (χ2v) is 3.99. The zero-order valence-electron chi connectivity index (χ0n) is 8.27. The lowest BCUT2D eigenvalue weighted by molar-refractivity contribution is -0.113. The molecule has 2 N–H and O–H groups in total. The number of aliphatic hydroxyl groups is 1. The normalized spacial score (nSPS) is 25.7. The predicted molar refractivity (Wildman–Crippen MR) is 56.0 cm³/mol. The van der Waals surface area contributed by atoms with E-state index in [0.717, 1.165) is 0 Å². The lowest BCUT2D eigenvalue weighted by Gasteiger charge is -2.15. The van der Waals surface area contributed by atoms with E-state index in [9.17, 15) is 9.90 Å². The van der Waals surface area contributed by atoms with Crippen LogP contribution < -0.4 is 5.56 Å². The molecule has 0 aromatic carbocycles. The Balaban J connectivity index is 2.41. The summed E-state index contributed by atoms with van der Waals surface area (Å²) in [7, 11) is 0. The van der Waals surface area contributed by atoms with Crippen molar-refractivity contribution in [3.63, 3.8) is 0 Å². The summed E-state index contributed by atoms with van der Waals surface area (Å²) in [5, 5.41) is 9.23. The second kappa shape index (κ2) is 3.88. The maximum atomic E-state index is 11.2. The molecule has 82 valence electrons. The van der Waals surface area contributed by atoms with E-state index >= 15 is 0 Å². The molecule has 1 aromatic rings. The fraction of sp³-hybridized carbons (Fsp3) is 0.556. The third-order valence-electron chi connectivity index (χ3n) is 2.43. The van der Waals surface area contributed by atoms with Gasteiger partial charge in [0.15, 0.2) is 11.1 Å². The first-order valence-corrected chi connectivity index (χ1v) is 5.14. The average Bonchev–Trinajstić information content (AvgIpc) is 2.58. The molecule has 0 radical (unpaired) electrons. The van der Waals surface area contributed by atoms with Crippen LogP contribution in [0.1, 0.15) is 24.6 Å². The molecular formula is C9H12N2O3S. The van der Waals surface area contributed by atoms with Crippen LogP contribution in [0.5, 0.6) is 0 Å². The van der Waals surface area contributed by atoms with Crippen molar-refractivity contribution >= 4 is 12.2 Å². The monoisotopic (exact) mass is 228 g/mol. The maximum Gasteiger partial charge on any atom is 0.254 e. The van der Waals surface area contributed by atoms with Gasteiger partial charge in [0.2, 0.25) is 0 Å². The van der Waals surface area contributed by atoms with E-state index in [2.05, 4.69) is 4.98 Å². The van der Waals surface area contributed by atoms with Crippen LogP contribution in [0.2, 0.25) is 0 Å². The second-order valence-electron chi connectivity index (χ2n) is 3.60. The number of aromatic nitrogens is 2. The van der Waals surface area contributed by atoms with Crippen LogP contribution in [0.25, 0.3) is 0 Å². The molecule has 1 unspecified atom stereocenters. The van der Waals surface area contributed by atoms with Gasteiger partial charge in [-0.15, -0.1) is 0 Å². The average molecular weight is 228 g/mol. The van der Waals surface area contributed by atoms with Crippen LogP contribution in [0.3, 0.4) is 0 Å².